The molecule has 1 rings (SSSR count). The van der Waals surface area contributed by atoms with Crippen molar-refractivity contribution in [3.63, 3.8) is 0 Å². The van der Waals surface area contributed by atoms with Gasteiger partial charge < -0.3 is 21.1 Å². The molecule has 0 spiro atoms. The summed E-state index contributed by atoms with van der Waals surface area (Å²) in [6, 6.07) is 6.59. The summed E-state index contributed by atoms with van der Waals surface area (Å²) in [5.41, 5.74) is 6.31. The van der Waals surface area contributed by atoms with Crippen molar-refractivity contribution in [2.75, 3.05) is 18.5 Å². The minimum Gasteiger partial charge on any atom is -0.491 e. The molecule has 0 radical (unpaired) electrons. The third-order valence-electron chi connectivity index (χ3n) is 3.18. The molecule has 0 aromatic heterocycles. The third kappa shape index (κ3) is 7.66. The summed E-state index contributed by atoms with van der Waals surface area (Å²) in [6.07, 6.45) is 0. The molecule has 0 heterocycles. The Morgan fingerprint density at radius 1 is 1.17 bits per heavy atom. The zero-order chi connectivity index (χ0) is 17.4. The van der Waals surface area contributed by atoms with E-state index in [1.54, 1.807) is 12.1 Å². The Hall–Kier alpha value is -1.79. The van der Waals surface area contributed by atoms with Gasteiger partial charge in [0.2, 0.25) is 11.8 Å². The van der Waals surface area contributed by atoms with E-state index in [2.05, 4.69) is 24.5 Å². The molecular weight excluding hydrogens is 330 g/mol. The van der Waals surface area contributed by atoms with Gasteiger partial charge in [0.1, 0.15) is 5.75 Å². The molecule has 0 saturated heterocycles. The molecule has 0 aliphatic rings. The number of ether oxygens (including phenoxy) is 1. The molecule has 4 N–H and O–H groups in total. The molecule has 2 amide bonds. The van der Waals surface area contributed by atoms with E-state index in [0.29, 0.717) is 24.0 Å². The van der Waals surface area contributed by atoms with Crippen LogP contribution in [-0.4, -0.2) is 31.0 Å². The van der Waals surface area contributed by atoms with Crippen molar-refractivity contribution < 1.29 is 14.3 Å². The number of halogens is 1. The number of hydrogen-bond acceptors (Lipinski definition) is 4. The van der Waals surface area contributed by atoms with Gasteiger partial charge >= 0.3 is 0 Å². The minimum absolute atomic E-state index is 0. The van der Waals surface area contributed by atoms with Crippen LogP contribution in [0, 0.1) is 11.8 Å². The van der Waals surface area contributed by atoms with Crippen LogP contribution in [-0.2, 0) is 9.59 Å². The molecule has 0 aliphatic heterocycles. The van der Waals surface area contributed by atoms with E-state index >= 15 is 0 Å². The molecular formula is C17H28ClN3O3. The number of benzene rings is 1. The maximum Gasteiger partial charge on any atom is 0.243 e. The molecule has 136 valence electrons. The Bertz CT molecular complexity index is 536. The van der Waals surface area contributed by atoms with E-state index in [-0.39, 0.29) is 36.7 Å². The minimum atomic E-state index is -0.621. The van der Waals surface area contributed by atoms with Crippen LogP contribution >= 0.6 is 12.4 Å². The molecule has 1 atom stereocenters. The first kappa shape index (κ1) is 22.2. The topological polar surface area (TPSA) is 93.5 Å². The molecule has 7 heteroatoms. The van der Waals surface area contributed by atoms with Crippen molar-refractivity contribution in [1.82, 2.24) is 5.32 Å². The van der Waals surface area contributed by atoms with Gasteiger partial charge in [-0.2, -0.15) is 0 Å². The second-order valence-electron chi connectivity index (χ2n) is 6.24. The van der Waals surface area contributed by atoms with Crippen LogP contribution in [0.15, 0.2) is 24.3 Å². The van der Waals surface area contributed by atoms with Crippen molar-refractivity contribution >= 4 is 29.9 Å². The largest absolute Gasteiger partial charge is 0.491 e. The summed E-state index contributed by atoms with van der Waals surface area (Å²) >= 11 is 0. The van der Waals surface area contributed by atoms with Crippen molar-refractivity contribution in [2.45, 2.75) is 33.7 Å². The van der Waals surface area contributed by atoms with Crippen molar-refractivity contribution in [2.24, 2.45) is 17.6 Å². The first-order chi connectivity index (χ1) is 10.8. The molecule has 0 bridgehead atoms. The van der Waals surface area contributed by atoms with Gasteiger partial charge in [0.05, 0.1) is 24.9 Å². The van der Waals surface area contributed by atoms with Gasteiger partial charge in [-0.25, -0.2) is 0 Å². The highest BCUT2D eigenvalue weighted by Crippen LogP contribution is 2.24. The summed E-state index contributed by atoms with van der Waals surface area (Å²) in [7, 11) is 0. The maximum absolute atomic E-state index is 12.0. The van der Waals surface area contributed by atoms with Gasteiger partial charge in [0.25, 0.3) is 0 Å². The van der Waals surface area contributed by atoms with Gasteiger partial charge in [0.15, 0.2) is 0 Å². The summed E-state index contributed by atoms with van der Waals surface area (Å²) in [5.74, 6) is 0.355. The predicted octanol–water partition coefficient (Wildman–Crippen LogP) is 2.18. The number of nitrogens with one attached hydrogen (secondary N) is 2. The quantitative estimate of drug-likeness (QED) is 0.664. The fraction of sp³-hybridized carbons (Fsp3) is 0.529. The number of rotatable bonds is 8. The Kier molecular flexibility index (Phi) is 10.1. The normalized spacial score (nSPS) is 11.6. The number of para-hydroxylation sites is 2. The zero-order valence-corrected chi connectivity index (χ0v) is 15.5. The Morgan fingerprint density at radius 2 is 1.79 bits per heavy atom. The number of carbonyl (C=O) groups is 2. The van der Waals surface area contributed by atoms with E-state index in [4.69, 9.17) is 10.5 Å². The highest BCUT2D eigenvalue weighted by atomic mass is 35.5. The lowest BCUT2D eigenvalue weighted by molar-refractivity contribution is -0.125. The highest BCUT2D eigenvalue weighted by molar-refractivity contribution is 5.96. The Labute approximate surface area is 149 Å². The van der Waals surface area contributed by atoms with Crippen LogP contribution in [0.2, 0.25) is 0 Å². The number of anilines is 1. The predicted molar refractivity (Wildman–Crippen MR) is 98.5 cm³/mol. The average molecular weight is 358 g/mol. The van der Waals surface area contributed by atoms with Gasteiger partial charge in [-0.05, 0) is 24.0 Å². The van der Waals surface area contributed by atoms with E-state index in [0.717, 1.165) is 0 Å². The first-order valence-electron chi connectivity index (χ1n) is 7.86. The van der Waals surface area contributed by atoms with E-state index in [9.17, 15) is 9.59 Å². The number of carbonyl (C=O) groups excluding carboxylic acids is 2. The molecule has 1 aromatic carbocycles. The van der Waals surface area contributed by atoms with E-state index in [1.165, 1.54) is 0 Å². The zero-order valence-electron chi connectivity index (χ0n) is 14.7. The maximum atomic E-state index is 12.0. The van der Waals surface area contributed by atoms with Crippen molar-refractivity contribution in [3.05, 3.63) is 24.3 Å². The molecule has 1 aromatic rings. The van der Waals surface area contributed by atoms with Gasteiger partial charge in [-0.3, -0.25) is 9.59 Å². The number of amides is 2. The summed E-state index contributed by atoms with van der Waals surface area (Å²) in [4.78, 5) is 23.7. The molecule has 0 unspecified atom stereocenters. The Morgan fingerprint density at radius 3 is 2.38 bits per heavy atom. The van der Waals surface area contributed by atoms with Crippen molar-refractivity contribution in [1.29, 1.82) is 0 Å². The lowest BCUT2D eigenvalue weighted by atomic mass is 10.1. The first-order valence-corrected chi connectivity index (χ1v) is 7.86. The lowest BCUT2D eigenvalue weighted by Gasteiger charge is -2.16. The summed E-state index contributed by atoms with van der Waals surface area (Å²) in [5, 5.41) is 5.27. The van der Waals surface area contributed by atoms with Crippen molar-refractivity contribution in [3.8, 4) is 5.75 Å². The average Bonchev–Trinajstić information content (AvgIpc) is 2.50. The fourth-order valence-electron chi connectivity index (χ4n) is 1.73. The van der Waals surface area contributed by atoms with Gasteiger partial charge in [0, 0.05) is 0 Å². The molecule has 24 heavy (non-hydrogen) atoms. The molecule has 6 nitrogen and oxygen atoms in total. The molecule has 0 fully saturated rings. The monoisotopic (exact) mass is 357 g/mol. The third-order valence-corrected chi connectivity index (χ3v) is 3.18. The summed E-state index contributed by atoms with van der Waals surface area (Å²) < 4.78 is 5.67. The fourth-order valence-corrected chi connectivity index (χ4v) is 1.73. The van der Waals surface area contributed by atoms with Gasteiger partial charge in [-0.15, -0.1) is 12.4 Å². The standard InChI is InChI=1S/C17H27N3O3.ClH/c1-11(2)10-23-14-8-6-5-7-13(14)20-15(21)9-19-17(22)16(18)12(3)4;/h5-8,11-12,16H,9-10,18H2,1-4H3,(H,19,22)(H,20,21);1H/t16-;/m0./s1. The second-order valence-corrected chi connectivity index (χ2v) is 6.24. The molecule has 0 saturated carbocycles. The molecule has 0 aliphatic carbocycles. The van der Waals surface area contributed by atoms with E-state index in [1.807, 2.05) is 26.0 Å². The van der Waals surface area contributed by atoms with Crippen LogP contribution in [0.3, 0.4) is 0 Å². The number of hydrogen-bond donors (Lipinski definition) is 3. The van der Waals surface area contributed by atoms with Crippen LogP contribution in [0.1, 0.15) is 27.7 Å². The van der Waals surface area contributed by atoms with E-state index < -0.39 is 6.04 Å². The number of nitrogens with two attached hydrogens (primary N) is 1. The van der Waals surface area contributed by atoms with Crippen LogP contribution < -0.4 is 21.1 Å². The second kappa shape index (κ2) is 10.9. The Balaban J connectivity index is 0.00000529. The van der Waals surface area contributed by atoms with Crippen LogP contribution in [0.4, 0.5) is 5.69 Å². The summed E-state index contributed by atoms with van der Waals surface area (Å²) in [6.45, 7) is 8.24. The lowest BCUT2D eigenvalue weighted by Crippen LogP contribution is -2.46. The van der Waals surface area contributed by atoms with Crippen LogP contribution in [0.25, 0.3) is 0 Å². The highest BCUT2D eigenvalue weighted by Gasteiger charge is 2.18. The smallest absolute Gasteiger partial charge is 0.243 e. The van der Waals surface area contributed by atoms with Crippen LogP contribution in [0.5, 0.6) is 5.75 Å². The van der Waals surface area contributed by atoms with Gasteiger partial charge in [-0.1, -0.05) is 39.8 Å². The SMILES string of the molecule is CC(C)COc1ccccc1NC(=O)CNC(=O)[C@@H](N)C(C)C.Cl.